The molecule has 92 valence electrons. The Hall–Kier alpha value is -1.48. The second-order valence-corrected chi connectivity index (χ2v) is 3.40. The minimum atomic E-state index is -0.473. The van der Waals surface area contributed by atoms with E-state index in [1.54, 1.807) is 18.2 Å². The second kappa shape index (κ2) is 7.74. The Balaban J connectivity index is 2.35. The molecule has 0 amide bonds. The number of aliphatic hydroxyl groups is 1. The van der Waals surface area contributed by atoms with E-state index in [0.717, 1.165) is 0 Å². The summed E-state index contributed by atoms with van der Waals surface area (Å²) in [5.74, 6) is -0.473. The third-order valence-electron chi connectivity index (χ3n) is 2.17. The Morgan fingerprint density at radius 1 is 1.41 bits per heavy atom. The molecular weight excluding hydrogens is 223 g/mol. The zero-order chi connectivity index (χ0) is 12.5. The predicted molar refractivity (Wildman–Crippen MR) is 60.7 cm³/mol. The van der Waals surface area contributed by atoms with Crippen LogP contribution in [0.15, 0.2) is 18.2 Å². The van der Waals surface area contributed by atoms with Crippen molar-refractivity contribution in [3.63, 3.8) is 0 Å². The van der Waals surface area contributed by atoms with Gasteiger partial charge in [-0.1, -0.05) is 12.1 Å². The summed E-state index contributed by atoms with van der Waals surface area (Å²) in [5, 5.41) is 20.1. The van der Waals surface area contributed by atoms with E-state index in [0.29, 0.717) is 31.9 Å². The zero-order valence-corrected chi connectivity index (χ0v) is 9.45. The van der Waals surface area contributed by atoms with Crippen molar-refractivity contribution in [1.82, 2.24) is 5.32 Å². The molecule has 4 nitrogen and oxygen atoms in total. The van der Waals surface area contributed by atoms with Crippen LogP contribution in [0.25, 0.3) is 0 Å². The average molecular weight is 238 g/mol. The molecular formula is C12H15FN2O2. The van der Waals surface area contributed by atoms with Gasteiger partial charge in [-0.3, -0.25) is 0 Å². The van der Waals surface area contributed by atoms with Crippen molar-refractivity contribution in [1.29, 1.82) is 5.26 Å². The molecule has 0 aliphatic heterocycles. The first-order valence-corrected chi connectivity index (χ1v) is 5.36. The van der Waals surface area contributed by atoms with E-state index in [1.165, 1.54) is 6.07 Å². The number of hydrogen-bond acceptors (Lipinski definition) is 4. The highest BCUT2D eigenvalue weighted by Gasteiger charge is 2.06. The standard InChI is InChI=1S/C12H15FN2O2/c13-12-10(8-14)2-1-3-11(12)9-15-4-6-17-7-5-16/h1-3,15-16H,4-7,9H2. The molecule has 5 heteroatoms. The van der Waals surface area contributed by atoms with Crippen LogP contribution in [0.3, 0.4) is 0 Å². The average Bonchev–Trinajstić information content (AvgIpc) is 2.35. The van der Waals surface area contributed by atoms with Crippen LogP contribution in [-0.4, -0.2) is 31.5 Å². The van der Waals surface area contributed by atoms with Crippen LogP contribution in [-0.2, 0) is 11.3 Å². The molecule has 0 radical (unpaired) electrons. The summed E-state index contributed by atoms with van der Waals surface area (Å²) in [5.41, 5.74) is 0.520. The monoisotopic (exact) mass is 238 g/mol. The maximum Gasteiger partial charge on any atom is 0.145 e. The smallest absolute Gasteiger partial charge is 0.145 e. The van der Waals surface area contributed by atoms with Gasteiger partial charge >= 0.3 is 0 Å². The van der Waals surface area contributed by atoms with Crippen molar-refractivity contribution in [2.75, 3.05) is 26.4 Å². The first kappa shape index (κ1) is 13.6. The molecule has 2 N–H and O–H groups in total. The van der Waals surface area contributed by atoms with E-state index in [4.69, 9.17) is 15.1 Å². The molecule has 0 bridgehead atoms. The highest BCUT2D eigenvalue weighted by Crippen LogP contribution is 2.11. The molecule has 0 saturated heterocycles. The molecule has 1 aromatic rings. The maximum absolute atomic E-state index is 13.6. The molecule has 0 unspecified atom stereocenters. The van der Waals surface area contributed by atoms with Gasteiger partial charge < -0.3 is 15.2 Å². The molecule has 1 rings (SSSR count). The van der Waals surface area contributed by atoms with Gasteiger partial charge in [-0.2, -0.15) is 5.26 Å². The van der Waals surface area contributed by atoms with Gasteiger partial charge in [0.25, 0.3) is 0 Å². The van der Waals surface area contributed by atoms with Gasteiger partial charge in [-0.25, -0.2) is 4.39 Å². The maximum atomic E-state index is 13.6. The lowest BCUT2D eigenvalue weighted by atomic mass is 10.1. The fourth-order valence-electron chi connectivity index (χ4n) is 1.34. The van der Waals surface area contributed by atoms with Crippen LogP contribution in [0.5, 0.6) is 0 Å². The quantitative estimate of drug-likeness (QED) is 0.689. The third-order valence-corrected chi connectivity index (χ3v) is 2.17. The van der Waals surface area contributed by atoms with Crippen molar-refractivity contribution < 1.29 is 14.2 Å². The van der Waals surface area contributed by atoms with Crippen molar-refractivity contribution in [2.24, 2.45) is 0 Å². The summed E-state index contributed by atoms with van der Waals surface area (Å²) in [6, 6.07) is 6.54. The van der Waals surface area contributed by atoms with E-state index in [1.807, 2.05) is 0 Å². The first-order valence-electron chi connectivity index (χ1n) is 5.36. The van der Waals surface area contributed by atoms with Crippen LogP contribution in [0.2, 0.25) is 0 Å². The summed E-state index contributed by atoms with van der Waals surface area (Å²) in [6.45, 7) is 1.68. The minimum absolute atomic E-state index is 0.00115. The number of nitriles is 1. The van der Waals surface area contributed by atoms with Gasteiger partial charge in [0.1, 0.15) is 11.9 Å². The Labute approximate surface area is 99.6 Å². The molecule has 17 heavy (non-hydrogen) atoms. The Morgan fingerprint density at radius 3 is 2.94 bits per heavy atom. The number of ether oxygens (including phenoxy) is 1. The topological polar surface area (TPSA) is 65.3 Å². The number of hydrogen-bond donors (Lipinski definition) is 2. The van der Waals surface area contributed by atoms with Crippen LogP contribution in [0.4, 0.5) is 4.39 Å². The van der Waals surface area contributed by atoms with Crippen LogP contribution in [0.1, 0.15) is 11.1 Å². The molecule has 0 saturated carbocycles. The Bertz CT molecular complexity index is 391. The lowest BCUT2D eigenvalue weighted by molar-refractivity contribution is 0.0937. The highest BCUT2D eigenvalue weighted by atomic mass is 19.1. The summed E-state index contributed by atoms with van der Waals surface area (Å²) in [4.78, 5) is 0. The van der Waals surface area contributed by atoms with Crippen LogP contribution >= 0.6 is 0 Å². The number of halogens is 1. The van der Waals surface area contributed by atoms with Crippen molar-refractivity contribution in [2.45, 2.75) is 6.54 Å². The molecule has 0 atom stereocenters. The second-order valence-electron chi connectivity index (χ2n) is 3.40. The van der Waals surface area contributed by atoms with E-state index in [-0.39, 0.29) is 12.2 Å². The number of aliphatic hydroxyl groups excluding tert-OH is 1. The van der Waals surface area contributed by atoms with Gasteiger partial charge in [-0.05, 0) is 6.07 Å². The van der Waals surface area contributed by atoms with Gasteiger partial charge in [0, 0.05) is 18.7 Å². The summed E-state index contributed by atoms with van der Waals surface area (Å²) < 4.78 is 18.6. The molecule has 0 aromatic heterocycles. The summed E-state index contributed by atoms with van der Waals surface area (Å²) >= 11 is 0. The van der Waals surface area contributed by atoms with E-state index in [9.17, 15) is 4.39 Å². The third kappa shape index (κ3) is 4.49. The first-order chi connectivity index (χ1) is 8.29. The Morgan fingerprint density at radius 2 is 2.24 bits per heavy atom. The highest BCUT2D eigenvalue weighted by molar-refractivity contribution is 5.34. The van der Waals surface area contributed by atoms with Crippen molar-refractivity contribution in [3.8, 4) is 6.07 Å². The number of nitrogens with zero attached hydrogens (tertiary/aromatic N) is 1. The molecule has 1 aromatic carbocycles. The summed E-state index contributed by atoms with van der Waals surface area (Å²) in [7, 11) is 0. The molecule has 0 heterocycles. The van der Waals surface area contributed by atoms with Gasteiger partial charge in [0.15, 0.2) is 0 Å². The molecule has 0 fully saturated rings. The molecule has 0 aliphatic rings. The van der Waals surface area contributed by atoms with E-state index < -0.39 is 5.82 Å². The lowest BCUT2D eigenvalue weighted by Gasteiger charge is -2.07. The fourth-order valence-corrected chi connectivity index (χ4v) is 1.34. The van der Waals surface area contributed by atoms with E-state index in [2.05, 4.69) is 5.32 Å². The Kier molecular flexibility index (Phi) is 6.18. The van der Waals surface area contributed by atoms with Crippen molar-refractivity contribution >= 4 is 0 Å². The number of benzene rings is 1. The van der Waals surface area contributed by atoms with Gasteiger partial charge in [0.2, 0.25) is 0 Å². The van der Waals surface area contributed by atoms with E-state index >= 15 is 0 Å². The normalized spacial score (nSPS) is 10.2. The van der Waals surface area contributed by atoms with Gasteiger partial charge in [-0.15, -0.1) is 0 Å². The SMILES string of the molecule is N#Cc1cccc(CNCCOCCO)c1F. The zero-order valence-electron chi connectivity index (χ0n) is 9.45. The summed E-state index contributed by atoms with van der Waals surface area (Å²) in [6.07, 6.45) is 0. The van der Waals surface area contributed by atoms with Crippen LogP contribution < -0.4 is 5.32 Å². The van der Waals surface area contributed by atoms with Gasteiger partial charge in [0.05, 0.1) is 25.4 Å². The lowest BCUT2D eigenvalue weighted by Crippen LogP contribution is -2.20. The number of nitrogens with one attached hydrogen (secondary N) is 1. The fraction of sp³-hybridized carbons (Fsp3) is 0.417. The van der Waals surface area contributed by atoms with Crippen LogP contribution in [0, 0.1) is 17.1 Å². The molecule has 0 aliphatic carbocycles. The largest absolute Gasteiger partial charge is 0.394 e. The predicted octanol–water partition coefficient (Wildman–Crippen LogP) is 0.796. The van der Waals surface area contributed by atoms with Crippen molar-refractivity contribution in [3.05, 3.63) is 35.1 Å². The number of rotatable bonds is 7. The molecule has 0 spiro atoms. The minimum Gasteiger partial charge on any atom is -0.394 e.